The van der Waals surface area contributed by atoms with Crippen molar-refractivity contribution in [2.45, 2.75) is 38.6 Å². The molecular formula is C18H31Cl2N3O. The lowest BCUT2D eigenvalue weighted by atomic mass is 10.0. The molecule has 1 aromatic rings. The number of amides is 1. The van der Waals surface area contributed by atoms with E-state index < -0.39 is 0 Å². The summed E-state index contributed by atoms with van der Waals surface area (Å²) in [6, 6.07) is 8.60. The first kappa shape index (κ1) is 23.0. The zero-order valence-electron chi connectivity index (χ0n) is 15.0. The molecule has 1 fully saturated rings. The number of unbranched alkanes of at least 4 members (excludes halogenated alkanes) is 1. The van der Waals surface area contributed by atoms with Crippen molar-refractivity contribution in [2.24, 2.45) is 0 Å². The molecule has 1 aliphatic heterocycles. The number of carbonyl (C=O) groups is 1. The van der Waals surface area contributed by atoms with Crippen LogP contribution in [0.5, 0.6) is 0 Å². The summed E-state index contributed by atoms with van der Waals surface area (Å²) < 4.78 is 0. The van der Waals surface area contributed by atoms with E-state index in [2.05, 4.69) is 36.3 Å². The van der Waals surface area contributed by atoms with Gasteiger partial charge in [0, 0.05) is 44.0 Å². The zero-order chi connectivity index (χ0) is 15.9. The van der Waals surface area contributed by atoms with E-state index in [-0.39, 0.29) is 30.7 Å². The van der Waals surface area contributed by atoms with Gasteiger partial charge in [-0.1, -0.05) is 13.3 Å². The fourth-order valence-electron chi connectivity index (χ4n) is 2.94. The van der Waals surface area contributed by atoms with Gasteiger partial charge in [0.25, 0.3) is 5.91 Å². The molecule has 1 heterocycles. The Morgan fingerprint density at radius 3 is 2.29 bits per heavy atom. The lowest BCUT2D eigenvalue weighted by Gasteiger charge is -2.32. The molecule has 0 unspecified atom stereocenters. The van der Waals surface area contributed by atoms with Crippen LogP contribution in [0.4, 0.5) is 5.69 Å². The number of hydrogen-bond donors (Lipinski definition) is 1. The number of carbonyl (C=O) groups excluding carboxylic acids is 1. The molecule has 1 aliphatic rings. The fourth-order valence-corrected chi connectivity index (χ4v) is 2.94. The number of rotatable bonds is 6. The van der Waals surface area contributed by atoms with E-state index in [1.165, 1.54) is 18.5 Å². The van der Waals surface area contributed by atoms with Crippen LogP contribution < -0.4 is 10.2 Å². The van der Waals surface area contributed by atoms with Crippen LogP contribution >= 0.6 is 24.8 Å². The predicted octanol–water partition coefficient (Wildman–Crippen LogP) is 3.59. The van der Waals surface area contributed by atoms with Crippen molar-refractivity contribution >= 4 is 36.4 Å². The molecule has 1 N–H and O–H groups in total. The van der Waals surface area contributed by atoms with Crippen molar-refractivity contribution in [1.29, 1.82) is 0 Å². The van der Waals surface area contributed by atoms with Gasteiger partial charge in [0.1, 0.15) is 0 Å². The van der Waals surface area contributed by atoms with Gasteiger partial charge in [0.15, 0.2) is 0 Å². The summed E-state index contributed by atoms with van der Waals surface area (Å²) >= 11 is 0. The number of benzene rings is 1. The summed E-state index contributed by atoms with van der Waals surface area (Å²) in [5, 5.41) is 3.30. The second-order valence-corrected chi connectivity index (χ2v) is 6.18. The van der Waals surface area contributed by atoms with Crippen molar-refractivity contribution in [3.63, 3.8) is 0 Å². The Morgan fingerprint density at radius 2 is 1.79 bits per heavy atom. The molecule has 0 saturated carbocycles. The van der Waals surface area contributed by atoms with Gasteiger partial charge in [0.05, 0.1) is 0 Å². The molecular weight excluding hydrogens is 345 g/mol. The Kier molecular flexibility index (Phi) is 11.1. The summed E-state index contributed by atoms with van der Waals surface area (Å²) in [5.41, 5.74) is 1.98. The molecule has 0 aliphatic carbocycles. The maximum atomic E-state index is 12.5. The first-order valence-electron chi connectivity index (χ1n) is 8.43. The number of nitrogens with zero attached hydrogens (tertiary/aromatic N) is 2. The Hall–Kier alpha value is -0.970. The number of likely N-dealkylation sites (tertiary alicyclic amines) is 1. The Labute approximate surface area is 158 Å². The monoisotopic (exact) mass is 375 g/mol. The first-order valence-corrected chi connectivity index (χ1v) is 8.43. The van der Waals surface area contributed by atoms with Gasteiger partial charge in [-0.15, -0.1) is 24.8 Å². The third kappa shape index (κ3) is 6.15. The van der Waals surface area contributed by atoms with Crippen molar-refractivity contribution in [3.05, 3.63) is 29.8 Å². The van der Waals surface area contributed by atoms with E-state index in [4.69, 9.17) is 0 Å². The lowest BCUT2D eigenvalue weighted by molar-refractivity contribution is 0.0707. The third-order valence-electron chi connectivity index (χ3n) is 4.59. The van der Waals surface area contributed by atoms with E-state index in [1.54, 1.807) is 0 Å². The van der Waals surface area contributed by atoms with Gasteiger partial charge < -0.3 is 15.1 Å². The van der Waals surface area contributed by atoms with Gasteiger partial charge in [-0.05, 0) is 50.6 Å². The van der Waals surface area contributed by atoms with Crippen LogP contribution in [-0.2, 0) is 0 Å². The number of piperidine rings is 1. The SMILES string of the molecule is CCCCN(C)c1ccc(C(=O)N2CCC(NC)CC2)cc1.Cl.Cl. The van der Waals surface area contributed by atoms with Gasteiger partial charge in [0.2, 0.25) is 0 Å². The summed E-state index contributed by atoms with van der Waals surface area (Å²) in [6.07, 6.45) is 4.47. The molecule has 0 radical (unpaired) electrons. The predicted molar refractivity (Wildman–Crippen MR) is 107 cm³/mol. The van der Waals surface area contributed by atoms with Gasteiger partial charge in [-0.25, -0.2) is 0 Å². The number of anilines is 1. The van der Waals surface area contributed by atoms with E-state index in [9.17, 15) is 4.79 Å². The topological polar surface area (TPSA) is 35.6 Å². The molecule has 1 amide bonds. The molecule has 0 bridgehead atoms. The molecule has 1 aromatic carbocycles. The number of hydrogen-bond acceptors (Lipinski definition) is 3. The van der Waals surface area contributed by atoms with Gasteiger partial charge in [-0.2, -0.15) is 0 Å². The maximum absolute atomic E-state index is 12.5. The van der Waals surface area contributed by atoms with Crippen LogP contribution in [0.1, 0.15) is 43.0 Å². The third-order valence-corrected chi connectivity index (χ3v) is 4.59. The number of halogens is 2. The second kappa shape index (κ2) is 11.6. The molecule has 0 aromatic heterocycles. The Bertz CT molecular complexity index is 474. The summed E-state index contributed by atoms with van der Waals surface area (Å²) in [6.45, 7) is 4.96. The minimum Gasteiger partial charge on any atom is -0.375 e. The second-order valence-electron chi connectivity index (χ2n) is 6.18. The Balaban J connectivity index is 0.00000264. The molecule has 138 valence electrons. The summed E-state index contributed by atoms with van der Waals surface area (Å²) in [5.74, 6) is 0.164. The standard InChI is InChI=1S/C18H29N3O.2ClH/c1-4-5-12-20(3)17-8-6-15(7-9-17)18(22)21-13-10-16(19-2)11-14-21;;/h6-9,16,19H,4-5,10-14H2,1-3H3;2*1H. The van der Waals surface area contributed by atoms with E-state index in [0.29, 0.717) is 6.04 Å². The molecule has 6 heteroatoms. The highest BCUT2D eigenvalue weighted by Crippen LogP contribution is 2.18. The van der Waals surface area contributed by atoms with Gasteiger partial charge >= 0.3 is 0 Å². The van der Waals surface area contributed by atoms with Gasteiger partial charge in [-0.3, -0.25) is 4.79 Å². The maximum Gasteiger partial charge on any atom is 0.253 e. The minimum atomic E-state index is 0. The van der Waals surface area contributed by atoms with E-state index in [1.807, 2.05) is 24.1 Å². The average Bonchev–Trinajstić information content (AvgIpc) is 2.59. The molecule has 24 heavy (non-hydrogen) atoms. The molecule has 2 rings (SSSR count). The van der Waals surface area contributed by atoms with Crippen LogP contribution in [0.15, 0.2) is 24.3 Å². The van der Waals surface area contributed by atoms with Crippen molar-refractivity contribution in [2.75, 3.05) is 38.6 Å². The minimum absolute atomic E-state index is 0. The van der Waals surface area contributed by atoms with Crippen molar-refractivity contribution in [3.8, 4) is 0 Å². The highest BCUT2D eigenvalue weighted by molar-refractivity contribution is 5.94. The summed E-state index contributed by atoms with van der Waals surface area (Å²) in [4.78, 5) is 16.8. The lowest BCUT2D eigenvalue weighted by Crippen LogP contribution is -2.43. The molecule has 4 nitrogen and oxygen atoms in total. The highest BCUT2D eigenvalue weighted by atomic mass is 35.5. The average molecular weight is 376 g/mol. The van der Waals surface area contributed by atoms with E-state index >= 15 is 0 Å². The van der Waals surface area contributed by atoms with Crippen LogP contribution in [0.25, 0.3) is 0 Å². The van der Waals surface area contributed by atoms with Crippen LogP contribution in [0.3, 0.4) is 0 Å². The van der Waals surface area contributed by atoms with Crippen molar-refractivity contribution < 1.29 is 4.79 Å². The fraction of sp³-hybridized carbons (Fsp3) is 0.611. The highest BCUT2D eigenvalue weighted by Gasteiger charge is 2.22. The van der Waals surface area contributed by atoms with Crippen LogP contribution in [0.2, 0.25) is 0 Å². The Morgan fingerprint density at radius 1 is 1.21 bits per heavy atom. The quantitative estimate of drug-likeness (QED) is 0.824. The molecule has 0 atom stereocenters. The smallest absolute Gasteiger partial charge is 0.253 e. The summed E-state index contributed by atoms with van der Waals surface area (Å²) in [7, 11) is 4.10. The van der Waals surface area contributed by atoms with Crippen molar-refractivity contribution in [1.82, 2.24) is 10.2 Å². The zero-order valence-corrected chi connectivity index (χ0v) is 16.6. The largest absolute Gasteiger partial charge is 0.375 e. The molecule has 1 saturated heterocycles. The first-order chi connectivity index (χ1) is 10.7. The van der Waals surface area contributed by atoms with Crippen LogP contribution in [0, 0.1) is 0 Å². The molecule has 0 spiro atoms. The van der Waals surface area contributed by atoms with E-state index in [0.717, 1.165) is 38.0 Å². The normalized spacial score (nSPS) is 14.5. The number of nitrogens with one attached hydrogen (secondary N) is 1. The van der Waals surface area contributed by atoms with Crippen LogP contribution in [-0.4, -0.2) is 50.6 Å².